The normalized spacial score (nSPS) is 12.5. The van der Waals surface area contributed by atoms with Crippen LogP contribution in [0.2, 0.25) is 0 Å². The van der Waals surface area contributed by atoms with Crippen molar-refractivity contribution in [2.75, 3.05) is 13.2 Å². The summed E-state index contributed by atoms with van der Waals surface area (Å²) < 4.78 is 5.37. The first-order valence-electron chi connectivity index (χ1n) is 6.04. The number of aliphatic carboxylic acids is 1. The topological polar surface area (TPSA) is 66.8 Å². The molecular formula is C12H23NO4. The van der Waals surface area contributed by atoms with E-state index in [9.17, 15) is 9.59 Å². The van der Waals surface area contributed by atoms with Crippen LogP contribution in [-0.2, 0) is 14.3 Å². The molecule has 17 heavy (non-hydrogen) atoms. The quantitative estimate of drug-likeness (QED) is 0.658. The Bertz CT molecular complexity index is 253. The van der Waals surface area contributed by atoms with Crippen LogP contribution < -0.4 is 0 Å². The molecule has 0 saturated carbocycles. The fraction of sp³-hybridized carbons (Fsp3) is 0.833. The number of carboxylic acid groups (broad SMARTS) is 1. The van der Waals surface area contributed by atoms with Crippen molar-refractivity contribution < 1.29 is 19.4 Å². The van der Waals surface area contributed by atoms with Gasteiger partial charge >= 0.3 is 5.97 Å². The highest BCUT2D eigenvalue weighted by molar-refractivity contribution is 5.84. The molecule has 0 aromatic carbocycles. The third-order valence-electron chi connectivity index (χ3n) is 2.43. The summed E-state index contributed by atoms with van der Waals surface area (Å²) in [6.45, 7) is 7.54. The van der Waals surface area contributed by atoms with Crippen molar-refractivity contribution in [3.8, 4) is 0 Å². The van der Waals surface area contributed by atoms with E-state index in [0.717, 1.165) is 12.8 Å². The molecular weight excluding hydrogens is 222 g/mol. The first-order valence-corrected chi connectivity index (χ1v) is 6.04. The molecule has 5 nitrogen and oxygen atoms in total. The van der Waals surface area contributed by atoms with Crippen molar-refractivity contribution in [2.24, 2.45) is 0 Å². The second-order valence-electron chi connectivity index (χ2n) is 4.32. The van der Waals surface area contributed by atoms with Crippen molar-refractivity contribution in [1.82, 2.24) is 4.90 Å². The third-order valence-corrected chi connectivity index (χ3v) is 2.43. The largest absolute Gasteiger partial charge is 0.480 e. The fourth-order valence-corrected chi connectivity index (χ4v) is 1.37. The number of hydrogen-bond donors (Lipinski definition) is 1. The van der Waals surface area contributed by atoms with Crippen LogP contribution in [0.15, 0.2) is 0 Å². The number of unbranched alkanes of at least 4 members (excludes halogenated alkanes) is 1. The van der Waals surface area contributed by atoms with Gasteiger partial charge in [0.05, 0.1) is 0 Å². The van der Waals surface area contributed by atoms with Crippen LogP contribution in [0, 0.1) is 0 Å². The average Bonchev–Trinajstić information content (AvgIpc) is 2.24. The van der Waals surface area contributed by atoms with Crippen LogP contribution in [0.25, 0.3) is 0 Å². The van der Waals surface area contributed by atoms with E-state index >= 15 is 0 Å². The van der Waals surface area contributed by atoms with Gasteiger partial charge in [0.2, 0.25) is 0 Å². The summed E-state index contributed by atoms with van der Waals surface area (Å²) in [6.07, 6.45) is 1.32. The summed E-state index contributed by atoms with van der Waals surface area (Å²) in [5.74, 6) is -1.27. The Balaban J connectivity index is 4.34. The van der Waals surface area contributed by atoms with Gasteiger partial charge in [-0.3, -0.25) is 9.59 Å². The Kier molecular flexibility index (Phi) is 7.54. The van der Waals surface area contributed by atoms with Crippen molar-refractivity contribution in [3.05, 3.63) is 0 Å². The van der Waals surface area contributed by atoms with Crippen LogP contribution in [0.3, 0.4) is 0 Å². The predicted molar refractivity (Wildman–Crippen MR) is 64.8 cm³/mol. The summed E-state index contributed by atoms with van der Waals surface area (Å²) in [5.41, 5.74) is 0. The fourth-order valence-electron chi connectivity index (χ4n) is 1.37. The Hall–Kier alpha value is -1.10. The molecule has 0 aliphatic carbocycles. The van der Waals surface area contributed by atoms with E-state index in [4.69, 9.17) is 9.84 Å². The summed E-state index contributed by atoms with van der Waals surface area (Å²) in [4.78, 5) is 23.9. The van der Waals surface area contributed by atoms with Gasteiger partial charge in [-0.25, -0.2) is 0 Å². The van der Waals surface area contributed by atoms with Gasteiger partial charge in [-0.15, -0.1) is 0 Å². The number of carboxylic acids is 1. The van der Waals surface area contributed by atoms with Crippen LogP contribution in [0.4, 0.5) is 0 Å². The Morgan fingerprint density at radius 1 is 1.29 bits per heavy atom. The number of rotatable bonds is 8. The highest BCUT2D eigenvalue weighted by Crippen LogP contribution is 2.05. The molecule has 0 radical (unpaired) electrons. The lowest BCUT2D eigenvalue weighted by Crippen LogP contribution is -2.45. The molecule has 0 rings (SSSR count). The lowest BCUT2D eigenvalue weighted by atomic mass is 10.2. The Morgan fingerprint density at radius 2 is 1.88 bits per heavy atom. The zero-order valence-corrected chi connectivity index (χ0v) is 11.1. The summed E-state index contributed by atoms with van der Waals surface area (Å²) in [6, 6.07) is -0.143. The molecule has 100 valence electrons. The smallest absolute Gasteiger partial charge is 0.323 e. The predicted octanol–water partition coefficient (Wildman–Crippen LogP) is 1.51. The lowest BCUT2D eigenvalue weighted by molar-refractivity contribution is -0.151. The SMILES string of the molecule is CCCCOC(C)C(=O)N(CC(=O)O)C(C)C. The maximum Gasteiger partial charge on any atom is 0.323 e. The average molecular weight is 245 g/mol. The van der Waals surface area contributed by atoms with Gasteiger partial charge in [0.15, 0.2) is 0 Å². The number of carbonyl (C=O) groups excluding carboxylic acids is 1. The van der Waals surface area contributed by atoms with Crippen LogP contribution in [-0.4, -0.2) is 47.2 Å². The maximum absolute atomic E-state index is 12.0. The number of amides is 1. The minimum Gasteiger partial charge on any atom is -0.480 e. The molecule has 0 saturated heterocycles. The molecule has 0 aromatic heterocycles. The van der Waals surface area contributed by atoms with Gasteiger partial charge in [-0.2, -0.15) is 0 Å². The van der Waals surface area contributed by atoms with Gasteiger partial charge in [0.1, 0.15) is 12.6 Å². The summed E-state index contributed by atoms with van der Waals surface area (Å²) in [5, 5.41) is 8.74. The van der Waals surface area contributed by atoms with Crippen molar-refractivity contribution in [2.45, 2.75) is 52.7 Å². The van der Waals surface area contributed by atoms with E-state index in [1.807, 2.05) is 6.92 Å². The molecule has 1 N–H and O–H groups in total. The van der Waals surface area contributed by atoms with Crippen molar-refractivity contribution in [3.63, 3.8) is 0 Å². The molecule has 0 fully saturated rings. The highest BCUT2D eigenvalue weighted by Gasteiger charge is 2.24. The Labute approximate surface area is 103 Å². The number of hydrogen-bond acceptors (Lipinski definition) is 3. The minimum atomic E-state index is -1.01. The molecule has 1 atom stereocenters. The molecule has 1 amide bonds. The van der Waals surface area contributed by atoms with Gasteiger partial charge in [-0.1, -0.05) is 13.3 Å². The van der Waals surface area contributed by atoms with E-state index in [-0.39, 0.29) is 18.5 Å². The maximum atomic E-state index is 12.0. The molecule has 0 aliphatic rings. The number of carbonyl (C=O) groups is 2. The van der Waals surface area contributed by atoms with E-state index in [1.165, 1.54) is 4.90 Å². The molecule has 1 unspecified atom stereocenters. The summed E-state index contributed by atoms with van der Waals surface area (Å²) in [7, 11) is 0. The van der Waals surface area contributed by atoms with E-state index in [2.05, 4.69) is 0 Å². The molecule has 0 spiro atoms. The number of ether oxygens (including phenoxy) is 1. The van der Waals surface area contributed by atoms with Gasteiger partial charge < -0.3 is 14.7 Å². The van der Waals surface area contributed by atoms with Crippen LogP contribution >= 0.6 is 0 Å². The molecule has 0 heterocycles. The zero-order chi connectivity index (χ0) is 13.4. The van der Waals surface area contributed by atoms with E-state index in [1.54, 1.807) is 20.8 Å². The third kappa shape index (κ3) is 6.26. The first-order chi connectivity index (χ1) is 7.90. The summed E-state index contributed by atoms with van der Waals surface area (Å²) >= 11 is 0. The number of nitrogens with zero attached hydrogens (tertiary/aromatic N) is 1. The second-order valence-corrected chi connectivity index (χ2v) is 4.32. The minimum absolute atomic E-state index is 0.143. The lowest BCUT2D eigenvalue weighted by Gasteiger charge is -2.27. The molecule has 0 aliphatic heterocycles. The van der Waals surface area contributed by atoms with E-state index < -0.39 is 12.1 Å². The zero-order valence-electron chi connectivity index (χ0n) is 11.1. The van der Waals surface area contributed by atoms with Gasteiger partial charge in [0, 0.05) is 12.6 Å². The van der Waals surface area contributed by atoms with Gasteiger partial charge in [0.25, 0.3) is 5.91 Å². The molecule has 5 heteroatoms. The van der Waals surface area contributed by atoms with Crippen LogP contribution in [0.5, 0.6) is 0 Å². The highest BCUT2D eigenvalue weighted by atomic mass is 16.5. The Morgan fingerprint density at radius 3 is 2.29 bits per heavy atom. The van der Waals surface area contributed by atoms with E-state index in [0.29, 0.717) is 6.61 Å². The molecule has 0 aromatic rings. The molecule has 0 bridgehead atoms. The van der Waals surface area contributed by atoms with Crippen LogP contribution in [0.1, 0.15) is 40.5 Å². The van der Waals surface area contributed by atoms with Gasteiger partial charge in [-0.05, 0) is 27.2 Å². The first kappa shape index (κ1) is 15.9. The standard InChI is InChI=1S/C12H23NO4/c1-5-6-7-17-10(4)12(16)13(9(2)3)8-11(14)15/h9-10H,5-8H2,1-4H3,(H,14,15). The van der Waals surface area contributed by atoms with Crippen molar-refractivity contribution in [1.29, 1.82) is 0 Å². The second kappa shape index (κ2) is 8.06. The monoisotopic (exact) mass is 245 g/mol. The van der Waals surface area contributed by atoms with Crippen molar-refractivity contribution >= 4 is 11.9 Å².